The van der Waals surface area contributed by atoms with Gasteiger partial charge in [0, 0.05) is 23.6 Å². The summed E-state index contributed by atoms with van der Waals surface area (Å²) >= 11 is 3.63. The van der Waals surface area contributed by atoms with Gasteiger partial charge in [-0.1, -0.05) is 28.4 Å². The Bertz CT molecular complexity index is 186. The maximum absolute atomic E-state index is 3.63. The third-order valence-electron chi connectivity index (χ3n) is 2.79. The molecule has 2 heteroatoms. The Morgan fingerprint density at radius 1 is 1.58 bits per heavy atom. The topological polar surface area (TPSA) is 3.24 Å². The Kier molecular flexibility index (Phi) is 3.78. The van der Waals surface area contributed by atoms with Gasteiger partial charge < -0.3 is 0 Å². The van der Waals surface area contributed by atoms with Crippen molar-refractivity contribution in [3.8, 4) is 0 Å². The molecule has 12 heavy (non-hydrogen) atoms. The highest BCUT2D eigenvalue weighted by Crippen LogP contribution is 2.23. The molecule has 0 saturated heterocycles. The second-order valence-electron chi connectivity index (χ2n) is 3.66. The number of hydrogen-bond acceptors (Lipinski definition) is 1. The molecule has 1 nitrogen and oxygen atoms in total. The maximum Gasteiger partial charge on any atom is 0.0302 e. The van der Waals surface area contributed by atoms with E-state index in [0.29, 0.717) is 0 Å². The van der Waals surface area contributed by atoms with Crippen LogP contribution in [0.3, 0.4) is 0 Å². The maximum atomic E-state index is 3.63. The van der Waals surface area contributed by atoms with E-state index >= 15 is 0 Å². The molecule has 1 atom stereocenters. The highest BCUT2D eigenvalue weighted by atomic mass is 79.9. The van der Waals surface area contributed by atoms with E-state index in [2.05, 4.69) is 41.6 Å². The molecule has 0 amide bonds. The molecule has 0 fully saturated rings. The van der Waals surface area contributed by atoms with Crippen LogP contribution in [0.5, 0.6) is 0 Å². The molecule has 0 bridgehead atoms. The average Bonchev–Trinajstić information content (AvgIpc) is 2.08. The van der Waals surface area contributed by atoms with Crippen molar-refractivity contribution in [3.05, 3.63) is 10.1 Å². The molecule has 0 aromatic carbocycles. The lowest BCUT2D eigenvalue weighted by Crippen LogP contribution is -2.37. The molecule has 70 valence electrons. The van der Waals surface area contributed by atoms with Crippen LogP contribution >= 0.6 is 15.9 Å². The van der Waals surface area contributed by atoms with Crippen LogP contribution in [0.15, 0.2) is 10.1 Å². The Balaban J connectivity index is 2.54. The summed E-state index contributed by atoms with van der Waals surface area (Å²) in [6.45, 7) is 9.12. The van der Waals surface area contributed by atoms with Crippen LogP contribution in [0.1, 0.15) is 33.6 Å². The van der Waals surface area contributed by atoms with Crippen LogP contribution in [0.4, 0.5) is 0 Å². The lowest BCUT2D eigenvalue weighted by Gasteiger charge is -2.32. The van der Waals surface area contributed by atoms with E-state index in [1.54, 1.807) is 0 Å². The molecular formula is C10H18BrN. The van der Waals surface area contributed by atoms with Crippen LogP contribution in [0.25, 0.3) is 0 Å². The van der Waals surface area contributed by atoms with Crippen molar-refractivity contribution in [2.24, 2.45) is 0 Å². The molecule has 0 aliphatic carbocycles. The fourth-order valence-corrected chi connectivity index (χ4v) is 1.99. The van der Waals surface area contributed by atoms with Gasteiger partial charge in [-0.15, -0.1) is 0 Å². The fourth-order valence-electron chi connectivity index (χ4n) is 1.47. The first-order chi connectivity index (χ1) is 5.65. The van der Waals surface area contributed by atoms with Crippen molar-refractivity contribution >= 4 is 15.9 Å². The van der Waals surface area contributed by atoms with Crippen molar-refractivity contribution in [1.29, 1.82) is 0 Å². The van der Waals surface area contributed by atoms with Gasteiger partial charge in [-0.25, -0.2) is 0 Å². The van der Waals surface area contributed by atoms with E-state index in [4.69, 9.17) is 0 Å². The third kappa shape index (κ3) is 2.33. The molecule has 1 unspecified atom stereocenters. The molecule has 0 radical (unpaired) electrons. The molecule has 1 rings (SSSR count). The standard InChI is InChI=1S/C10H18BrN/c1-4-9(3)12-6-5-8(2)10(11)7-12/h9H,4-7H2,1-3H3. The zero-order valence-corrected chi connectivity index (χ0v) is 9.82. The van der Waals surface area contributed by atoms with Gasteiger partial charge in [0.25, 0.3) is 0 Å². The van der Waals surface area contributed by atoms with E-state index in [9.17, 15) is 0 Å². The van der Waals surface area contributed by atoms with Crippen molar-refractivity contribution in [2.75, 3.05) is 13.1 Å². The minimum Gasteiger partial charge on any atom is -0.296 e. The quantitative estimate of drug-likeness (QED) is 0.706. The van der Waals surface area contributed by atoms with Gasteiger partial charge in [-0.3, -0.25) is 4.90 Å². The lowest BCUT2D eigenvalue weighted by atomic mass is 10.1. The SMILES string of the molecule is CCC(C)N1CCC(C)=C(Br)C1. The molecular weight excluding hydrogens is 214 g/mol. The van der Waals surface area contributed by atoms with E-state index in [0.717, 1.165) is 12.6 Å². The molecule has 0 saturated carbocycles. The highest BCUT2D eigenvalue weighted by Gasteiger charge is 2.18. The van der Waals surface area contributed by atoms with Crippen LogP contribution in [0.2, 0.25) is 0 Å². The van der Waals surface area contributed by atoms with Crippen LogP contribution < -0.4 is 0 Å². The van der Waals surface area contributed by atoms with Crippen molar-refractivity contribution in [1.82, 2.24) is 4.90 Å². The minimum atomic E-state index is 0.727. The number of hydrogen-bond donors (Lipinski definition) is 0. The predicted octanol–water partition coefficient (Wildman–Crippen LogP) is 3.16. The van der Waals surface area contributed by atoms with Gasteiger partial charge in [0.05, 0.1) is 0 Å². The lowest BCUT2D eigenvalue weighted by molar-refractivity contribution is 0.218. The summed E-state index contributed by atoms with van der Waals surface area (Å²) in [6.07, 6.45) is 2.48. The van der Waals surface area contributed by atoms with Crippen molar-refractivity contribution < 1.29 is 0 Å². The third-order valence-corrected chi connectivity index (χ3v) is 3.72. The molecule has 0 aromatic rings. The Hall–Kier alpha value is 0.180. The zero-order chi connectivity index (χ0) is 9.14. The van der Waals surface area contributed by atoms with E-state index in [-0.39, 0.29) is 0 Å². The molecule has 1 heterocycles. The number of nitrogens with zero attached hydrogens (tertiary/aromatic N) is 1. The molecule has 1 aliphatic heterocycles. The van der Waals surface area contributed by atoms with Crippen LogP contribution in [-0.4, -0.2) is 24.0 Å². The first-order valence-corrected chi connectivity index (χ1v) is 5.52. The monoisotopic (exact) mass is 231 g/mol. The Morgan fingerprint density at radius 2 is 2.25 bits per heavy atom. The smallest absolute Gasteiger partial charge is 0.0302 e. The van der Waals surface area contributed by atoms with E-state index < -0.39 is 0 Å². The van der Waals surface area contributed by atoms with Gasteiger partial charge in [0.2, 0.25) is 0 Å². The Morgan fingerprint density at radius 3 is 2.75 bits per heavy atom. The zero-order valence-electron chi connectivity index (χ0n) is 8.23. The predicted molar refractivity (Wildman–Crippen MR) is 57.6 cm³/mol. The number of halogens is 1. The highest BCUT2D eigenvalue weighted by molar-refractivity contribution is 9.11. The minimum absolute atomic E-state index is 0.727. The van der Waals surface area contributed by atoms with Gasteiger partial charge in [0.15, 0.2) is 0 Å². The second kappa shape index (κ2) is 4.43. The van der Waals surface area contributed by atoms with Gasteiger partial charge in [-0.2, -0.15) is 0 Å². The van der Waals surface area contributed by atoms with Gasteiger partial charge in [0.1, 0.15) is 0 Å². The molecule has 0 aromatic heterocycles. The summed E-state index contributed by atoms with van der Waals surface area (Å²) in [6, 6.07) is 0.727. The van der Waals surface area contributed by atoms with E-state index in [1.807, 2.05) is 0 Å². The van der Waals surface area contributed by atoms with Crippen molar-refractivity contribution in [2.45, 2.75) is 39.7 Å². The largest absolute Gasteiger partial charge is 0.296 e. The first-order valence-electron chi connectivity index (χ1n) is 4.73. The summed E-state index contributed by atoms with van der Waals surface area (Å²) in [4.78, 5) is 2.54. The fraction of sp³-hybridized carbons (Fsp3) is 0.800. The Labute approximate surface area is 84.0 Å². The molecule has 1 aliphatic rings. The first kappa shape index (κ1) is 10.3. The summed E-state index contributed by atoms with van der Waals surface area (Å²) < 4.78 is 1.40. The summed E-state index contributed by atoms with van der Waals surface area (Å²) in [7, 11) is 0. The molecule has 0 N–H and O–H groups in total. The average molecular weight is 232 g/mol. The summed E-state index contributed by atoms with van der Waals surface area (Å²) in [5.74, 6) is 0. The van der Waals surface area contributed by atoms with E-state index in [1.165, 1.54) is 29.4 Å². The van der Waals surface area contributed by atoms with Gasteiger partial charge in [-0.05, 0) is 26.7 Å². The molecule has 0 spiro atoms. The number of rotatable bonds is 2. The van der Waals surface area contributed by atoms with Crippen LogP contribution in [-0.2, 0) is 0 Å². The summed E-state index contributed by atoms with van der Waals surface area (Å²) in [5, 5.41) is 0. The second-order valence-corrected chi connectivity index (χ2v) is 4.62. The van der Waals surface area contributed by atoms with Crippen LogP contribution in [0, 0.1) is 0 Å². The normalized spacial score (nSPS) is 23.0. The summed E-state index contributed by atoms with van der Waals surface area (Å²) in [5.41, 5.74) is 1.52. The van der Waals surface area contributed by atoms with Gasteiger partial charge >= 0.3 is 0 Å². The van der Waals surface area contributed by atoms with Crippen molar-refractivity contribution in [3.63, 3.8) is 0 Å².